The molecule has 3 rings (SSSR count). The van der Waals surface area contributed by atoms with Gasteiger partial charge in [-0.15, -0.1) is 0 Å². The molecule has 0 aliphatic carbocycles. The van der Waals surface area contributed by atoms with Crippen LogP contribution in [0.25, 0.3) is 0 Å². The Labute approximate surface area is 113 Å². The summed E-state index contributed by atoms with van der Waals surface area (Å²) in [6.45, 7) is 7.37. The largest absolute Gasteiger partial charge is 0.456 e. The van der Waals surface area contributed by atoms with Gasteiger partial charge in [0.25, 0.3) is 0 Å². The van der Waals surface area contributed by atoms with Crippen LogP contribution in [-0.2, 0) is 19.0 Å². The van der Waals surface area contributed by atoms with E-state index in [1.807, 2.05) is 20.8 Å². The molecule has 0 saturated carbocycles. The molecule has 108 valence electrons. The average molecular weight is 270 g/mol. The standard InChI is InChI=1S/C14H22O5/c1-5-13(2,3)12(15)18-10-8-6-7-9(17-8)11(10)19-14(7,4)16/h7-11,16H,5-6H2,1-4H3. The first-order valence-electron chi connectivity index (χ1n) is 7.03. The highest BCUT2D eigenvalue weighted by Crippen LogP contribution is 2.53. The second-order valence-electron chi connectivity index (χ2n) is 6.73. The van der Waals surface area contributed by atoms with E-state index in [0.717, 1.165) is 6.42 Å². The summed E-state index contributed by atoms with van der Waals surface area (Å²) in [4.78, 5) is 12.2. The minimum absolute atomic E-state index is 0.00311. The van der Waals surface area contributed by atoms with Gasteiger partial charge >= 0.3 is 5.97 Å². The SMILES string of the molecule is CCC(C)(C)C(=O)OC1C2CC3C(O2)C1OC3(C)O. The fourth-order valence-electron chi connectivity index (χ4n) is 3.24. The first kappa shape index (κ1) is 13.3. The maximum atomic E-state index is 12.2. The highest BCUT2D eigenvalue weighted by atomic mass is 16.7. The predicted molar refractivity (Wildman–Crippen MR) is 66.2 cm³/mol. The van der Waals surface area contributed by atoms with Crippen LogP contribution in [0.2, 0.25) is 0 Å². The number of carbonyl (C=O) groups is 1. The fraction of sp³-hybridized carbons (Fsp3) is 0.929. The lowest BCUT2D eigenvalue weighted by Crippen LogP contribution is -2.42. The molecule has 6 atom stereocenters. The third kappa shape index (κ3) is 1.82. The van der Waals surface area contributed by atoms with E-state index in [0.29, 0.717) is 6.42 Å². The van der Waals surface area contributed by atoms with Crippen molar-refractivity contribution in [1.29, 1.82) is 0 Å². The van der Waals surface area contributed by atoms with Crippen LogP contribution in [0.5, 0.6) is 0 Å². The van der Waals surface area contributed by atoms with Crippen molar-refractivity contribution in [1.82, 2.24) is 0 Å². The lowest BCUT2D eigenvalue weighted by Gasteiger charge is -2.28. The minimum atomic E-state index is -1.16. The highest BCUT2D eigenvalue weighted by Gasteiger charge is 2.67. The second kappa shape index (κ2) is 3.93. The van der Waals surface area contributed by atoms with Gasteiger partial charge in [-0.25, -0.2) is 0 Å². The normalized spacial score (nSPS) is 47.7. The monoisotopic (exact) mass is 270 g/mol. The molecule has 5 heteroatoms. The smallest absolute Gasteiger partial charge is 0.311 e. The molecular weight excluding hydrogens is 248 g/mol. The van der Waals surface area contributed by atoms with E-state index in [9.17, 15) is 9.90 Å². The zero-order chi connectivity index (χ0) is 14.0. The summed E-state index contributed by atoms with van der Waals surface area (Å²) in [7, 11) is 0. The molecule has 0 spiro atoms. The van der Waals surface area contributed by atoms with Crippen molar-refractivity contribution < 1.29 is 24.1 Å². The summed E-state index contributed by atoms with van der Waals surface area (Å²) in [5, 5.41) is 10.2. The number of hydrogen-bond donors (Lipinski definition) is 1. The number of carbonyl (C=O) groups excluding carboxylic acids is 1. The second-order valence-corrected chi connectivity index (χ2v) is 6.73. The molecular formula is C14H22O5. The first-order chi connectivity index (χ1) is 8.76. The van der Waals surface area contributed by atoms with Gasteiger partial charge in [0.2, 0.25) is 0 Å². The molecule has 1 N–H and O–H groups in total. The van der Waals surface area contributed by atoms with Crippen molar-refractivity contribution in [2.75, 3.05) is 0 Å². The van der Waals surface area contributed by atoms with E-state index in [1.165, 1.54) is 0 Å². The van der Waals surface area contributed by atoms with Crippen LogP contribution in [0.15, 0.2) is 0 Å². The van der Waals surface area contributed by atoms with Gasteiger partial charge in [0.05, 0.1) is 17.6 Å². The zero-order valence-corrected chi connectivity index (χ0v) is 11.9. The molecule has 0 radical (unpaired) electrons. The maximum absolute atomic E-state index is 12.2. The first-order valence-corrected chi connectivity index (χ1v) is 7.03. The molecule has 0 aromatic heterocycles. The lowest BCUT2D eigenvalue weighted by molar-refractivity contribution is -0.208. The van der Waals surface area contributed by atoms with Crippen LogP contribution in [0, 0.1) is 11.3 Å². The van der Waals surface area contributed by atoms with Crippen molar-refractivity contribution >= 4 is 5.97 Å². The van der Waals surface area contributed by atoms with E-state index < -0.39 is 11.2 Å². The van der Waals surface area contributed by atoms with Gasteiger partial charge in [0.1, 0.15) is 6.10 Å². The summed E-state index contributed by atoms with van der Waals surface area (Å²) in [5.41, 5.74) is -0.498. The number of ether oxygens (including phenoxy) is 3. The third-order valence-electron chi connectivity index (χ3n) is 4.97. The Kier molecular flexibility index (Phi) is 2.76. The van der Waals surface area contributed by atoms with Crippen LogP contribution in [0.3, 0.4) is 0 Å². The number of esters is 1. The molecule has 3 fully saturated rings. The Bertz CT molecular complexity index is 403. The highest BCUT2D eigenvalue weighted by molar-refractivity contribution is 5.76. The lowest BCUT2D eigenvalue weighted by atomic mass is 9.84. The molecule has 0 aromatic rings. The van der Waals surface area contributed by atoms with Gasteiger partial charge in [0.15, 0.2) is 11.9 Å². The summed E-state index contributed by atoms with van der Waals surface area (Å²) in [5.74, 6) is -1.38. The van der Waals surface area contributed by atoms with Crippen molar-refractivity contribution in [3.05, 3.63) is 0 Å². The molecule has 3 aliphatic rings. The number of fused-ring (bicyclic) bond motifs is 1. The molecule has 3 aliphatic heterocycles. The summed E-state index contributed by atoms with van der Waals surface area (Å²) in [6, 6.07) is 0. The Morgan fingerprint density at radius 3 is 2.79 bits per heavy atom. The molecule has 19 heavy (non-hydrogen) atoms. The van der Waals surface area contributed by atoms with Crippen molar-refractivity contribution in [2.24, 2.45) is 11.3 Å². The van der Waals surface area contributed by atoms with Crippen LogP contribution in [0.4, 0.5) is 0 Å². The summed E-state index contributed by atoms with van der Waals surface area (Å²) < 4.78 is 17.1. The Morgan fingerprint density at radius 1 is 1.47 bits per heavy atom. The van der Waals surface area contributed by atoms with Gasteiger partial charge in [0, 0.05) is 5.92 Å². The van der Waals surface area contributed by atoms with E-state index in [2.05, 4.69) is 0 Å². The van der Waals surface area contributed by atoms with Crippen LogP contribution < -0.4 is 0 Å². The molecule has 3 heterocycles. The Balaban J connectivity index is 1.74. The van der Waals surface area contributed by atoms with Gasteiger partial charge < -0.3 is 19.3 Å². The van der Waals surface area contributed by atoms with E-state index in [-0.39, 0.29) is 36.3 Å². The molecule has 0 aromatic carbocycles. The third-order valence-corrected chi connectivity index (χ3v) is 4.97. The van der Waals surface area contributed by atoms with E-state index in [1.54, 1.807) is 6.92 Å². The molecule has 2 bridgehead atoms. The molecule has 0 amide bonds. The van der Waals surface area contributed by atoms with Crippen molar-refractivity contribution in [3.8, 4) is 0 Å². The molecule has 6 unspecified atom stereocenters. The zero-order valence-electron chi connectivity index (χ0n) is 11.9. The molecule has 3 saturated heterocycles. The predicted octanol–water partition coefficient (Wildman–Crippen LogP) is 1.23. The number of aliphatic hydroxyl groups is 1. The van der Waals surface area contributed by atoms with Crippen molar-refractivity contribution in [3.63, 3.8) is 0 Å². The van der Waals surface area contributed by atoms with Gasteiger partial charge in [-0.3, -0.25) is 4.79 Å². The van der Waals surface area contributed by atoms with Crippen molar-refractivity contribution in [2.45, 2.75) is 70.7 Å². The Morgan fingerprint density at radius 2 is 2.16 bits per heavy atom. The number of rotatable bonds is 3. The van der Waals surface area contributed by atoms with Crippen LogP contribution in [-0.4, -0.2) is 41.3 Å². The van der Waals surface area contributed by atoms with Gasteiger partial charge in [-0.2, -0.15) is 0 Å². The summed E-state index contributed by atoms with van der Waals surface area (Å²) >= 11 is 0. The maximum Gasteiger partial charge on any atom is 0.311 e. The fourth-order valence-corrected chi connectivity index (χ4v) is 3.24. The average Bonchev–Trinajstić information content (AvgIpc) is 2.92. The quantitative estimate of drug-likeness (QED) is 0.781. The van der Waals surface area contributed by atoms with Crippen LogP contribution in [0.1, 0.15) is 40.5 Å². The van der Waals surface area contributed by atoms with Gasteiger partial charge in [-0.05, 0) is 33.6 Å². The summed E-state index contributed by atoms with van der Waals surface area (Å²) in [6.07, 6.45) is 0.440. The minimum Gasteiger partial charge on any atom is -0.456 e. The van der Waals surface area contributed by atoms with E-state index in [4.69, 9.17) is 14.2 Å². The van der Waals surface area contributed by atoms with Gasteiger partial charge in [-0.1, -0.05) is 6.92 Å². The van der Waals surface area contributed by atoms with Crippen LogP contribution >= 0.6 is 0 Å². The van der Waals surface area contributed by atoms with E-state index >= 15 is 0 Å². The molecule has 5 nitrogen and oxygen atoms in total. The number of hydrogen-bond acceptors (Lipinski definition) is 5. The topological polar surface area (TPSA) is 65.0 Å². The Hall–Kier alpha value is -0.650.